The van der Waals surface area contributed by atoms with Gasteiger partial charge in [-0.2, -0.15) is 0 Å². The maximum absolute atomic E-state index is 14.2. The number of nitrogens with zero attached hydrogens (tertiary/aromatic N) is 1. The van der Waals surface area contributed by atoms with Crippen molar-refractivity contribution < 1.29 is 28.9 Å². The van der Waals surface area contributed by atoms with Crippen LogP contribution in [0.4, 0.5) is 9.18 Å². The molecule has 0 saturated heterocycles. The van der Waals surface area contributed by atoms with E-state index < -0.39 is 36.4 Å². The molecule has 2 atom stereocenters. The molecule has 1 aromatic rings. The van der Waals surface area contributed by atoms with Gasteiger partial charge in [-0.3, -0.25) is 4.79 Å². The van der Waals surface area contributed by atoms with Gasteiger partial charge in [-0.05, 0) is 39.3 Å². The molecule has 1 unspecified atom stereocenters. The molecule has 0 aliphatic carbocycles. The van der Waals surface area contributed by atoms with Gasteiger partial charge in [0.25, 0.3) is 5.91 Å². The normalized spacial score (nSPS) is 18.1. The van der Waals surface area contributed by atoms with E-state index >= 15 is 0 Å². The highest BCUT2D eigenvalue weighted by Crippen LogP contribution is 2.31. The van der Waals surface area contributed by atoms with Crippen molar-refractivity contribution in [2.45, 2.75) is 51.5 Å². The fraction of sp³-hybridized carbons (Fsp3) is 0.500. The third-order valence-corrected chi connectivity index (χ3v) is 4.12. The molecule has 2 rings (SSSR count). The zero-order valence-corrected chi connectivity index (χ0v) is 16.3. The van der Waals surface area contributed by atoms with Gasteiger partial charge >= 0.3 is 6.09 Å². The van der Waals surface area contributed by atoms with Gasteiger partial charge in [0.2, 0.25) is 0 Å². The first-order valence-electron chi connectivity index (χ1n) is 9.17. The fourth-order valence-corrected chi connectivity index (χ4v) is 2.89. The molecule has 28 heavy (non-hydrogen) atoms. The van der Waals surface area contributed by atoms with Crippen LogP contribution in [0.2, 0.25) is 0 Å². The summed E-state index contributed by atoms with van der Waals surface area (Å²) in [6, 6.07) is 5.89. The number of benzene rings is 1. The van der Waals surface area contributed by atoms with Crippen LogP contribution in [0.5, 0.6) is 0 Å². The number of ether oxygens (including phenoxy) is 1. The third-order valence-electron chi connectivity index (χ3n) is 4.12. The molecule has 0 fully saturated rings. The Kier molecular flexibility index (Phi) is 7.15. The summed E-state index contributed by atoms with van der Waals surface area (Å²) < 4.78 is 19.2. The zero-order chi connectivity index (χ0) is 20.9. The van der Waals surface area contributed by atoms with E-state index in [9.17, 15) is 24.2 Å². The molecule has 0 aromatic heterocycles. The van der Waals surface area contributed by atoms with Crippen LogP contribution < -0.4 is 5.32 Å². The van der Waals surface area contributed by atoms with Gasteiger partial charge in [0.1, 0.15) is 5.60 Å². The van der Waals surface area contributed by atoms with E-state index in [1.807, 2.05) is 0 Å². The Morgan fingerprint density at radius 1 is 1.39 bits per heavy atom. The lowest BCUT2D eigenvalue weighted by Gasteiger charge is -2.22. The highest BCUT2D eigenvalue weighted by molar-refractivity contribution is 5.98. The van der Waals surface area contributed by atoms with Gasteiger partial charge < -0.3 is 25.2 Å². The largest absolute Gasteiger partial charge is 0.444 e. The molecule has 1 heterocycles. The Morgan fingerprint density at radius 2 is 2.07 bits per heavy atom. The summed E-state index contributed by atoms with van der Waals surface area (Å²) in [5.41, 5.74) is 0.297. The Morgan fingerprint density at radius 3 is 2.68 bits per heavy atom. The quantitative estimate of drug-likeness (QED) is 0.660. The Hall–Kier alpha value is -2.45. The number of hydrogen-bond acceptors (Lipinski definition) is 5. The van der Waals surface area contributed by atoms with Crippen molar-refractivity contribution in [1.82, 2.24) is 10.2 Å². The number of carbonyl (C=O) groups excluding carboxylic acids is 2. The molecule has 7 nitrogen and oxygen atoms in total. The van der Waals surface area contributed by atoms with E-state index in [0.29, 0.717) is 11.1 Å². The number of amides is 2. The second-order valence-corrected chi connectivity index (χ2v) is 7.61. The Labute approximate surface area is 163 Å². The molecule has 0 saturated carbocycles. The van der Waals surface area contributed by atoms with E-state index in [-0.39, 0.29) is 25.3 Å². The third kappa shape index (κ3) is 5.77. The molecular weight excluding hydrogens is 367 g/mol. The van der Waals surface area contributed by atoms with Gasteiger partial charge in [0.05, 0.1) is 18.5 Å². The fourth-order valence-electron chi connectivity index (χ4n) is 2.89. The second kappa shape index (κ2) is 9.16. The van der Waals surface area contributed by atoms with E-state index in [0.717, 1.165) is 6.08 Å². The number of rotatable bonds is 7. The number of fused-ring (bicyclic) bond motifs is 1. The number of hydrogen-bond donors (Lipinski definition) is 3. The molecule has 0 radical (unpaired) electrons. The lowest BCUT2D eigenvalue weighted by molar-refractivity contribution is 0.0170. The van der Waals surface area contributed by atoms with Gasteiger partial charge in [-0.1, -0.05) is 18.2 Å². The lowest BCUT2D eigenvalue weighted by atomic mass is 10.1. The molecule has 0 bridgehead atoms. The molecule has 3 N–H and O–H groups in total. The first-order valence-corrected chi connectivity index (χ1v) is 9.17. The number of halogens is 1. The molecule has 1 aliphatic heterocycles. The number of allylic oxidation sites excluding steroid dienone is 1. The van der Waals surface area contributed by atoms with Crippen LogP contribution in [0.1, 0.15) is 55.8 Å². The standard InChI is InChI=1S/C20H27FN2O5/c1-20(2,3)28-19(27)22-14(12-24)11-13(21)7-6-10-23-17(25)15-8-4-5-9-16(15)18(23)26/h4-5,8-9,11,14,17,24-25H,6-7,10,12H2,1-3H3,(H,22,27)/b13-11+/t14-,17?/m0/s1. The highest BCUT2D eigenvalue weighted by Gasteiger charge is 2.34. The number of alkyl carbamates (subject to hydrolysis) is 1. The topological polar surface area (TPSA) is 99.1 Å². The number of nitrogens with one attached hydrogen (secondary N) is 1. The second-order valence-electron chi connectivity index (χ2n) is 7.61. The smallest absolute Gasteiger partial charge is 0.408 e. The highest BCUT2D eigenvalue weighted by atomic mass is 19.1. The van der Waals surface area contributed by atoms with Crippen LogP contribution >= 0.6 is 0 Å². The number of carbonyl (C=O) groups is 2. The SMILES string of the molecule is CC(C)(C)OC(=O)N[C@@H](/C=C(/F)CCCN1C(=O)c2ccccc2C1O)CO. The average Bonchev–Trinajstić information content (AvgIpc) is 2.84. The summed E-state index contributed by atoms with van der Waals surface area (Å²) in [6.07, 6.45) is -0.391. The van der Waals surface area contributed by atoms with Crippen molar-refractivity contribution in [3.05, 3.63) is 47.3 Å². The summed E-state index contributed by atoms with van der Waals surface area (Å²) >= 11 is 0. The van der Waals surface area contributed by atoms with Crippen molar-refractivity contribution in [3.63, 3.8) is 0 Å². The van der Waals surface area contributed by atoms with Crippen LogP contribution in [-0.4, -0.2) is 51.9 Å². The summed E-state index contributed by atoms with van der Waals surface area (Å²) in [5, 5.41) is 22.0. The van der Waals surface area contributed by atoms with E-state index in [1.165, 1.54) is 4.90 Å². The van der Waals surface area contributed by atoms with Gasteiger partial charge in [0, 0.05) is 24.1 Å². The van der Waals surface area contributed by atoms with Crippen LogP contribution in [0, 0.1) is 0 Å². The maximum atomic E-state index is 14.2. The minimum atomic E-state index is -1.03. The van der Waals surface area contributed by atoms with E-state index in [1.54, 1.807) is 45.0 Å². The molecule has 154 valence electrons. The summed E-state index contributed by atoms with van der Waals surface area (Å²) in [4.78, 5) is 25.3. The molecule has 0 spiro atoms. The van der Waals surface area contributed by atoms with Gasteiger partial charge in [0.15, 0.2) is 6.23 Å². The molecule has 1 aromatic carbocycles. The maximum Gasteiger partial charge on any atom is 0.408 e. The molecule has 2 amide bonds. The predicted molar refractivity (Wildman–Crippen MR) is 101 cm³/mol. The molecular formula is C20H27FN2O5. The van der Waals surface area contributed by atoms with E-state index in [2.05, 4.69) is 5.32 Å². The van der Waals surface area contributed by atoms with Crippen LogP contribution in [0.3, 0.4) is 0 Å². The molecule has 8 heteroatoms. The van der Waals surface area contributed by atoms with E-state index in [4.69, 9.17) is 4.74 Å². The predicted octanol–water partition coefficient (Wildman–Crippen LogP) is 2.65. The van der Waals surface area contributed by atoms with Crippen molar-refractivity contribution in [1.29, 1.82) is 0 Å². The average molecular weight is 394 g/mol. The van der Waals surface area contributed by atoms with Crippen molar-refractivity contribution in [2.75, 3.05) is 13.2 Å². The van der Waals surface area contributed by atoms with Crippen LogP contribution in [-0.2, 0) is 4.74 Å². The Balaban J connectivity index is 1.85. The first kappa shape index (κ1) is 21.8. The Bertz CT molecular complexity index is 744. The number of aliphatic hydroxyl groups excluding tert-OH is 2. The van der Waals surface area contributed by atoms with Gasteiger partial charge in [-0.25, -0.2) is 9.18 Å². The summed E-state index contributed by atoms with van der Waals surface area (Å²) in [7, 11) is 0. The minimum absolute atomic E-state index is 0.000651. The van der Waals surface area contributed by atoms with Crippen LogP contribution in [0.25, 0.3) is 0 Å². The van der Waals surface area contributed by atoms with Gasteiger partial charge in [-0.15, -0.1) is 0 Å². The summed E-state index contributed by atoms with van der Waals surface area (Å²) in [5.74, 6) is -0.818. The summed E-state index contributed by atoms with van der Waals surface area (Å²) in [6.45, 7) is 4.79. The zero-order valence-electron chi connectivity index (χ0n) is 16.3. The monoisotopic (exact) mass is 394 g/mol. The lowest BCUT2D eigenvalue weighted by Crippen LogP contribution is -2.40. The van der Waals surface area contributed by atoms with Crippen LogP contribution in [0.15, 0.2) is 36.2 Å². The minimum Gasteiger partial charge on any atom is -0.444 e. The number of aliphatic hydroxyl groups is 2. The van der Waals surface area contributed by atoms with Crippen molar-refractivity contribution >= 4 is 12.0 Å². The van der Waals surface area contributed by atoms with Crippen molar-refractivity contribution in [2.24, 2.45) is 0 Å². The first-order chi connectivity index (χ1) is 13.1. The molecule has 1 aliphatic rings. The van der Waals surface area contributed by atoms with Crippen molar-refractivity contribution in [3.8, 4) is 0 Å².